The lowest BCUT2D eigenvalue weighted by molar-refractivity contribution is 0.199. The van der Waals surface area contributed by atoms with Gasteiger partial charge in [0, 0.05) is 18.9 Å². The highest BCUT2D eigenvalue weighted by atomic mass is 32.1. The molecule has 23 heavy (non-hydrogen) atoms. The molecule has 0 aliphatic carbocycles. The van der Waals surface area contributed by atoms with Gasteiger partial charge in [0.1, 0.15) is 16.7 Å². The molecule has 0 unspecified atom stereocenters. The third-order valence-electron chi connectivity index (χ3n) is 4.67. The predicted molar refractivity (Wildman–Crippen MR) is 86.7 cm³/mol. The van der Waals surface area contributed by atoms with Crippen LogP contribution in [0.5, 0.6) is 5.19 Å². The molecule has 0 N–H and O–H groups in total. The summed E-state index contributed by atoms with van der Waals surface area (Å²) in [4.78, 5) is 2.45. The summed E-state index contributed by atoms with van der Waals surface area (Å²) in [6, 6.07) is 0. The number of likely N-dealkylation sites (tertiary alicyclic amines) is 1. The van der Waals surface area contributed by atoms with Crippen molar-refractivity contribution in [1.82, 2.24) is 29.9 Å². The van der Waals surface area contributed by atoms with Crippen molar-refractivity contribution in [3.05, 3.63) is 16.7 Å². The van der Waals surface area contributed by atoms with Crippen molar-refractivity contribution in [2.24, 2.45) is 0 Å². The van der Waals surface area contributed by atoms with E-state index < -0.39 is 0 Å². The molecule has 7 nitrogen and oxygen atoms in total. The van der Waals surface area contributed by atoms with Crippen LogP contribution in [-0.4, -0.2) is 49.6 Å². The Labute approximate surface area is 139 Å². The summed E-state index contributed by atoms with van der Waals surface area (Å²) in [7, 11) is 0. The van der Waals surface area contributed by atoms with Crippen LogP contribution in [0.1, 0.15) is 48.8 Å². The molecule has 0 atom stereocenters. The Hall–Kier alpha value is -1.54. The SMILES string of the molecule is CCOc1nnc(CN2CCC(c3nnc4n3CCC4)CC2)s1. The number of piperidine rings is 1. The molecular formula is C15H22N6OS. The quantitative estimate of drug-likeness (QED) is 0.831. The second-order valence-electron chi connectivity index (χ2n) is 6.17. The summed E-state index contributed by atoms with van der Waals surface area (Å²) in [5.74, 6) is 2.95. The molecule has 2 aliphatic rings. The fraction of sp³-hybridized carbons (Fsp3) is 0.733. The molecule has 2 aromatic rings. The third kappa shape index (κ3) is 3.10. The molecule has 4 heterocycles. The van der Waals surface area contributed by atoms with Gasteiger partial charge in [0.15, 0.2) is 0 Å². The molecule has 124 valence electrons. The number of fused-ring (bicyclic) bond motifs is 1. The normalized spacial score (nSPS) is 19.2. The largest absolute Gasteiger partial charge is 0.469 e. The number of aromatic nitrogens is 5. The number of rotatable bonds is 5. The average Bonchev–Trinajstić information content (AvgIpc) is 3.25. The summed E-state index contributed by atoms with van der Waals surface area (Å²) in [6.45, 7) is 6.74. The van der Waals surface area contributed by atoms with Gasteiger partial charge in [0.25, 0.3) is 5.19 Å². The zero-order valence-corrected chi connectivity index (χ0v) is 14.3. The van der Waals surface area contributed by atoms with Gasteiger partial charge in [-0.2, -0.15) is 0 Å². The number of hydrogen-bond donors (Lipinski definition) is 0. The Kier molecular flexibility index (Phi) is 4.26. The monoisotopic (exact) mass is 334 g/mol. The number of nitrogens with zero attached hydrogens (tertiary/aromatic N) is 6. The second-order valence-corrected chi connectivity index (χ2v) is 7.20. The maximum Gasteiger partial charge on any atom is 0.294 e. The minimum atomic E-state index is 0.555. The smallest absolute Gasteiger partial charge is 0.294 e. The van der Waals surface area contributed by atoms with Crippen LogP contribution in [0.15, 0.2) is 0 Å². The highest BCUT2D eigenvalue weighted by molar-refractivity contribution is 7.13. The Bertz CT molecular complexity index is 661. The lowest BCUT2D eigenvalue weighted by atomic mass is 9.96. The van der Waals surface area contributed by atoms with E-state index in [0.717, 1.165) is 50.4 Å². The first kappa shape index (κ1) is 15.0. The van der Waals surface area contributed by atoms with E-state index in [1.165, 1.54) is 18.1 Å². The van der Waals surface area contributed by atoms with Crippen molar-refractivity contribution in [2.75, 3.05) is 19.7 Å². The minimum absolute atomic E-state index is 0.555. The zero-order chi connectivity index (χ0) is 15.6. The van der Waals surface area contributed by atoms with Crippen molar-refractivity contribution in [1.29, 1.82) is 0 Å². The van der Waals surface area contributed by atoms with Crippen LogP contribution in [0, 0.1) is 0 Å². The topological polar surface area (TPSA) is 69.0 Å². The number of ether oxygens (including phenoxy) is 1. The van der Waals surface area contributed by atoms with E-state index >= 15 is 0 Å². The molecular weight excluding hydrogens is 312 g/mol. The van der Waals surface area contributed by atoms with Crippen LogP contribution in [0.2, 0.25) is 0 Å². The highest BCUT2D eigenvalue weighted by Crippen LogP contribution is 2.30. The van der Waals surface area contributed by atoms with Gasteiger partial charge in [0.05, 0.1) is 13.2 Å². The van der Waals surface area contributed by atoms with E-state index in [1.54, 1.807) is 11.3 Å². The van der Waals surface area contributed by atoms with Crippen LogP contribution in [0.4, 0.5) is 0 Å². The van der Waals surface area contributed by atoms with Crippen LogP contribution >= 0.6 is 11.3 Å². The van der Waals surface area contributed by atoms with E-state index in [1.807, 2.05) is 6.92 Å². The van der Waals surface area contributed by atoms with Crippen LogP contribution in [-0.2, 0) is 19.5 Å². The van der Waals surface area contributed by atoms with E-state index in [4.69, 9.17) is 4.74 Å². The average molecular weight is 334 g/mol. The van der Waals surface area contributed by atoms with Crippen molar-refractivity contribution >= 4 is 11.3 Å². The molecule has 0 amide bonds. The molecule has 0 radical (unpaired) electrons. The lowest BCUT2D eigenvalue weighted by Crippen LogP contribution is -2.33. The molecule has 1 fully saturated rings. The van der Waals surface area contributed by atoms with Crippen molar-refractivity contribution in [3.63, 3.8) is 0 Å². The molecule has 0 aromatic carbocycles. The zero-order valence-electron chi connectivity index (χ0n) is 13.4. The standard InChI is InChI=1S/C15H22N6OS/c1-2-22-15-19-17-13(23-15)10-20-8-5-11(6-9-20)14-18-16-12-4-3-7-21(12)14/h11H,2-10H2,1H3. The number of aryl methyl sites for hydroxylation is 1. The van der Waals surface area contributed by atoms with Gasteiger partial charge in [-0.15, -0.1) is 20.4 Å². The van der Waals surface area contributed by atoms with Gasteiger partial charge in [-0.25, -0.2) is 0 Å². The van der Waals surface area contributed by atoms with Gasteiger partial charge < -0.3 is 9.30 Å². The fourth-order valence-corrected chi connectivity index (χ4v) is 4.29. The summed E-state index contributed by atoms with van der Waals surface area (Å²) in [5.41, 5.74) is 0. The maximum atomic E-state index is 5.39. The Morgan fingerprint density at radius 3 is 2.83 bits per heavy atom. The van der Waals surface area contributed by atoms with Crippen molar-refractivity contribution in [3.8, 4) is 5.19 Å². The van der Waals surface area contributed by atoms with Gasteiger partial charge >= 0.3 is 0 Å². The lowest BCUT2D eigenvalue weighted by Gasteiger charge is -2.30. The first-order valence-electron chi connectivity index (χ1n) is 8.43. The summed E-state index contributed by atoms with van der Waals surface area (Å²) in [6.07, 6.45) is 4.60. The highest BCUT2D eigenvalue weighted by Gasteiger charge is 2.28. The van der Waals surface area contributed by atoms with Gasteiger partial charge in [-0.1, -0.05) is 11.3 Å². The van der Waals surface area contributed by atoms with Crippen LogP contribution < -0.4 is 4.74 Å². The van der Waals surface area contributed by atoms with E-state index in [9.17, 15) is 0 Å². The summed E-state index contributed by atoms with van der Waals surface area (Å²) < 4.78 is 7.74. The Morgan fingerprint density at radius 2 is 2.00 bits per heavy atom. The molecule has 8 heteroatoms. The van der Waals surface area contributed by atoms with Gasteiger partial charge in [-0.3, -0.25) is 4.90 Å². The molecule has 4 rings (SSSR count). The Balaban J connectivity index is 1.33. The summed E-state index contributed by atoms with van der Waals surface area (Å²) in [5, 5.41) is 18.8. The third-order valence-corrected chi connectivity index (χ3v) is 5.49. The van der Waals surface area contributed by atoms with Crippen molar-refractivity contribution < 1.29 is 4.74 Å². The molecule has 2 aromatic heterocycles. The van der Waals surface area contributed by atoms with E-state index in [2.05, 4.69) is 29.9 Å². The predicted octanol–water partition coefficient (Wildman–Crippen LogP) is 1.85. The molecule has 1 saturated heterocycles. The summed E-state index contributed by atoms with van der Waals surface area (Å²) >= 11 is 1.55. The van der Waals surface area contributed by atoms with Gasteiger partial charge in [-0.05, 0) is 39.3 Å². The van der Waals surface area contributed by atoms with E-state index in [0.29, 0.717) is 17.7 Å². The van der Waals surface area contributed by atoms with Crippen LogP contribution in [0.25, 0.3) is 0 Å². The Morgan fingerprint density at radius 1 is 1.13 bits per heavy atom. The molecule has 0 saturated carbocycles. The maximum absolute atomic E-state index is 5.39. The van der Waals surface area contributed by atoms with Crippen LogP contribution in [0.3, 0.4) is 0 Å². The van der Waals surface area contributed by atoms with Crippen molar-refractivity contribution in [2.45, 2.75) is 51.6 Å². The minimum Gasteiger partial charge on any atom is -0.469 e. The van der Waals surface area contributed by atoms with E-state index in [-0.39, 0.29) is 0 Å². The number of hydrogen-bond acceptors (Lipinski definition) is 7. The van der Waals surface area contributed by atoms with Gasteiger partial charge in [0.2, 0.25) is 0 Å². The first-order chi connectivity index (χ1) is 11.3. The molecule has 2 aliphatic heterocycles. The first-order valence-corrected chi connectivity index (χ1v) is 9.24. The molecule has 0 spiro atoms. The molecule has 0 bridgehead atoms. The second kappa shape index (κ2) is 6.52. The fourth-order valence-electron chi connectivity index (χ4n) is 3.50.